The van der Waals surface area contributed by atoms with Gasteiger partial charge in [0.2, 0.25) is 0 Å². The highest BCUT2D eigenvalue weighted by molar-refractivity contribution is 5.96. The van der Waals surface area contributed by atoms with Gasteiger partial charge in [0, 0.05) is 18.3 Å². The van der Waals surface area contributed by atoms with Crippen molar-refractivity contribution in [1.82, 2.24) is 0 Å². The smallest absolute Gasteiger partial charge is 0.340 e. The van der Waals surface area contributed by atoms with Crippen LogP contribution >= 0.6 is 0 Å². The van der Waals surface area contributed by atoms with Crippen LogP contribution in [0.4, 0.5) is 15.8 Å². The molecule has 0 heterocycles. The first kappa shape index (κ1) is 17.3. The fraction of sp³-hybridized carbons (Fsp3) is 0.562. The molecule has 0 unspecified atom stereocenters. The fourth-order valence-electron chi connectivity index (χ4n) is 2.27. The predicted molar refractivity (Wildman–Crippen MR) is 84.2 cm³/mol. The van der Waals surface area contributed by atoms with Gasteiger partial charge in [-0.05, 0) is 32.4 Å². The van der Waals surface area contributed by atoms with E-state index >= 15 is 0 Å². The number of nitrogens with two attached hydrogens (primary N) is 1. The third-order valence-electron chi connectivity index (χ3n) is 3.46. The van der Waals surface area contributed by atoms with Crippen LogP contribution in [0, 0.1) is 5.82 Å². The lowest BCUT2D eigenvalue weighted by molar-refractivity contribution is 0.0602. The highest BCUT2D eigenvalue weighted by Crippen LogP contribution is 2.28. The number of hydrogen-bond acceptors (Lipinski definition) is 4. The first-order valence-electron chi connectivity index (χ1n) is 7.36. The van der Waals surface area contributed by atoms with Crippen molar-refractivity contribution < 1.29 is 13.9 Å². The third kappa shape index (κ3) is 4.34. The van der Waals surface area contributed by atoms with Gasteiger partial charge in [-0.2, -0.15) is 0 Å². The van der Waals surface area contributed by atoms with Crippen LogP contribution in [0.1, 0.15) is 50.4 Å². The Morgan fingerprint density at radius 2 is 2.05 bits per heavy atom. The molecule has 21 heavy (non-hydrogen) atoms. The van der Waals surface area contributed by atoms with E-state index in [1.165, 1.54) is 19.2 Å². The predicted octanol–water partition coefficient (Wildman–Crippen LogP) is 3.60. The molecule has 0 atom stereocenters. The van der Waals surface area contributed by atoms with E-state index in [1.54, 1.807) is 0 Å². The van der Waals surface area contributed by atoms with Crippen molar-refractivity contribution in [3.63, 3.8) is 0 Å². The molecule has 0 aliphatic rings. The largest absolute Gasteiger partial charge is 0.465 e. The van der Waals surface area contributed by atoms with Gasteiger partial charge in [0.05, 0.1) is 18.4 Å². The van der Waals surface area contributed by atoms with Crippen molar-refractivity contribution in [1.29, 1.82) is 0 Å². The third-order valence-corrected chi connectivity index (χ3v) is 3.46. The Morgan fingerprint density at radius 3 is 2.57 bits per heavy atom. The minimum absolute atomic E-state index is 0.0976. The summed E-state index contributed by atoms with van der Waals surface area (Å²) in [5, 5.41) is 0. The minimum Gasteiger partial charge on any atom is -0.465 e. The average molecular weight is 296 g/mol. The van der Waals surface area contributed by atoms with Gasteiger partial charge in [0.25, 0.3) is 0 Å². The summed E-state index contributed by atoms with van der Waals surface area (Å²) in [5.41, 5.74) is 6.41. The Bertz CT molecular complexity index is 489. The van der Waals surface area contributed by atoms with E-state index in [1.807, 2.05) is 18.7 Å². The molecule has 1 aromatic carbocycles. The number of carbonyl (C=O) groups excluding carboxylic acids is 1. The van der Waals surface area contributed by atoms with Crippen LogP contribution in [0.5, 0.6) is 0 Å². The lowest BCUT2D eigenvalue weighted by atomic mass is 10.1. The van der Waals surface area contributed by atoms with Gasteiger partial charge in [0.15, 0.2) is 0 Å². The Labute approximate surface area is 126 Å². The zero-order chi connectivity index (χ0) is 16.0. The highest BCUT2D eigenvalue weighted by atomic mass is 19.1. The molecule has 0 aliphatic heterocycles. The maximum atomic E-state index is 14.2. The molecular formula is C16H25FN2O2. The standard InChI is InChI=1S/C16H25FN2O2/c1-5-6-7-8-19(11(2)3)15-9-12(16(20)21-4)14(18)10-13(15)17/h9-11H,5-8,18H2,1-4H3. The molecular weight excluding hydrogens is 271 g/mol. The molecule has 0 fully saturated rings. The molecule has 0 aromatic heterocycles. The normalized spacial score (nSPS) is 10.8. The van der Waals surface area contributed by atoms with Gasteiger partial charge in [-0.1, -0.05) is 19.8 Å². The van der Waals surface area contributed by atoms with Gasteiger partial charge in [-0.25, -0.2) is 9.18 Å². The van der Waals surface area contributed by atoms with E-state index < -0.39 is 11.8 Å². The summed E-state index contributed by atoms with van der Waals surface area (Å²) in [6.45, 7) is 6.87. The second-order valence-corrected chi connectivity index (χ2v) is 5.38. The number of rotatable bonds is 7. The number of anilines is 2. The van der Waals surface area contributed by atoms with Crippen molar-refractivity contribution >= 4 is 17.3 Å². The number of unbranched alkanes of at least 4 members (excludes halogenated alkanes) is 2. The van der Waals surface area contributed by atoms with Crippen LogP contribution in [0.15, 0.2) is 12.1 Å². The number of methoxy groups -OCH3 is 1. The second-order valence-electron chi connectivity index (χ2n) is 5.38. The average Bonchev–Trinajstić information content (AvgIpc) is 2.43. The monoisotopic (exact) mass is 296 g/mol. The van der Waals surface area contributed by atoms with Crippen LogP contribution < -0.4 is 10.6 Å². The Balaban J connectivity index is 3.15. The quantitative estimate of drug-likeness (QED) is 0.474. The van der Waals surface area contributed by atoms with Crippen molar-refractivity contribution in [3.8, 4) is 0 Å². The maximum absolute atomic E-state index is 14.2. The number of hydrogen-bond donors (Lipinski definition) is 1. The first-order valence-corrected chi connectivity index (χ1v) is 7.36. The topological polar surface area (TPSA) is 55.6 Å². The molecule has 4 nitrogen and oxygen atoms in total. The van der Waals surface area contributed by atoms with Gasteiger partial charge in [0.1, 0.15) is 5.82 Å². The number of halogens is 1. The summed E-state index contributed by atoms with van der Waals surface area (Å²) in [5.74, 6) is -0.962. The number of carbonyl (C=O) groups is 1. The minimum atomic E-state index is -0.550. The molecule has 2 N–H and O–H groups in total. The van der Waals surface area contributed by atoms with Crippen molar-refractivity contribution in [2.75, 3.05) is 24.3 Å². The van der Waals surface area contributed by atoms with Gasteiger partial charge in [-0.15, -0.1) is 0 Å². The Hall–Kier alpha value is -1.78. The van der Waals surface area contributed by atoms with Gasteiger partial charge in [-0.3, -0.25) is 0 Å². The van der Waals surface area contributed by atoms with Crippen molar-refractivity contribution in [2.45, 2.75) is 46.1 Å². The Kier molecular flexibility index (Phi) is 6.46. The molecule has 1 aromatic rings. The summed E-state index contributed by atoms with van der Waals surface area (Å²) in [4.78, 5) is 13.7. The summed E-state index contributed by atoms with van der Waals surface area (Å²) in [7, 11) is 1.28. The number of ether oxygens (including phenoxy) is 1. The lowest BCUT2D eigenvalue weighted by Crippen LogP contribution is -2.32. The molecule has 0 aliphatic carbocycles. The molecule has 1 rings (SSSR count). The van der Waals surface area contributed by atoms with E-state index in [9.17, 15) is 9.18 Å². The Morgan fingerprint density at radius 1 is 1.38 bits per heavy atom. The highest BCUT2D eigenvalue weighted by Gasteiger charge is 2.20. The van der Waals surface area contributed by atoms with E-state index in [0.717, 1.165) is 25.8 Å². The number of benzene rings is 1. The van der Waals surface area contributed by atoms with Crippen LogP contribution in [0.3, 0.4) is 0 Å². The summed E-state index contributed by atoms with van der Waals surface area (Å²) >= 11 is 0. The molecule has 0 spiro atoms. The number of nitrogens with zero attached hydrogens (tertiary/aromatic N) is 1. The van der Waals surface area contributed by atoms with Crippen molar-refractivity contribution in [2.24, 2.45) is 0 Å². The number of esters is 1. The summed E-state index contributed by atoms with van der Waals surface area (Å²) in [6.07, 6.45) is 3.17. The molecule has 0 amide bonds. The lowest BCUT2D eigenvalue weighted by Gasteiger charge is -2.30. The van der Waals surface area contributed by atoms with Crippen molar-refractivity contribution in [3.05, 3.63) is 23.5 Å². The van der Waals surface area contributed by atoms with E-state index in [2.05, 4.69) is 6.92 Å². The van der Waals surface area contributed by atoms with Crippen LogP contribution in [0.2, 0.25) is 0 Å². The van der Waals surface area contributed by atoms with Crippen LogP contribution in [-0.4, -0.2) is 25.7 Å². The molecule has 0 saturated heterocycles. The fourth-order valence-corrected chi connectivity index (χ4v) is 2.27. The maximum Gasteiger partial charge on any atom is 0.340 e. The first-order chi connectivity index (χ1) is 9.92. The van der Waals surface area contributed by atoms with E-state index in [0.29, 0.717) is 5.69 Å². The summed E-state index contributed by atoms with van der Waals surface area (Å²) < 4.78 is 18.9. The SMILES string of the molecule is CCCCCN(c1cc(C(=O)OC)c(N)cc1F)C(C)C. The van der Waals surface area contributed by atoms with Crippen LogP contribution in [-0.2, 0) is 4.74 Å². The van der Waals surface area contributed by atoms with Gasteiger partial charge >= 0.3 is 5.97 Å². The zero-order valence-electron chi connectivity index (χ0n) is 13.3. The summed E-state index contributed by atoms with van der Waals surface area (Å²) in [6, 6.07) is 2.81. The number of nitrogen functional groups attached to an aromatic ring is 1. The molecule has 0 saturated carbocycles. The second kappa shape index (κ2) is 7.86. The van der Waals surface area contributed by atoms with E-state index in [4.69, 9.17) is 10.5 Å². The molecule has 0 radical (unpaired) electrons. The molecule has 118 valence electrons. The van der Waals surface area contributed by atoms with Crippen LogP contribution in [0.25, 0.3) is 0 Å². The molecule has 5 heteroatoms. The van der Waals surface area contributed by atoms with E-state index in [-0.39, 0.29) is 17.3 Å². The van der Waals surface area contributed by atoms with Gasteiger partial charge < -0.3 is 15.4 Å². The zero-order valence-corrected chi connectivity index (χ0v) is 13.3. The molecule has 0 bridgehead atoms.